The van der Waals surface area contributed by atoms with Crippen molar-refractivity contribution in [3.8, 4) is 0 Å². The number of aryl methyl sites for hydroxylation is 1. The summed E-state index contributed by atoms with van der Waals surface area (Å²) in [5.74, 6) is 0. The summed E-state index contributed by atoms with van der Waals surface area (Å²) < 4.78 is 7.32. The number of hydrogen-bond donors (Lipinski definition) is 3. The molecule has 1 unspecified atom stereocenters. The molecular weight excluding hydrogens is 353 g/mol. The van der Waals surface area contributed by atoms with Gasteiger partial charge in [0.1, 0.15) is 11.1 Å². The van der Waals surface area contributed by atoms with Gasteiger partial charge in [0.25, 0.3) is 0 Å². The van der Waals surface area contributed by atoms with E-state index in [1.54, 1.807) is 0 Å². The number of para-hydroxylation sites is 1. The fourth-order valence-corrected chi connectivity index (χ4v) is 2.65. The fourth-order valence-electron chi connectivity index (χ4n) is 2.65. The van der Waals surface area contributed by atoms with E-state index in [0.29, 0.717) is 26.3 Å². The second kappa shape index (κ2) is 10.1. The Morgan fingerprint density at radius 3 is 3.04 bits per heavy atom. The van der Waals surface area contributed by atoms with Gasteiger partial charge in [-0.3, -0.25) is 0 Å². The minimum atomic E-state index is -0.823. The maximum Gasteiger partial charge on any atom is 0.113 e. The zero-order valence-electron chi connectivity index (χ0n) is 13.5. The van der Waals surface area contributed by atoms with Crippen molar-refractivity contribution in [2.75, 3.05) is 39.4 Å². The Balaban J connectivity index is 0.00000144. The van der Waals surface area contributed by atoms with Gasteiger partial charge in [-0.2, -0.15) is 0 Å². The van der Waals surface area contributed by atoms with E-state index in [1.807, 2.05) is 28.9 Å². The Morgan fingerprint density at radius 2 is 2.17 bits per heavy atom. The van der Waals surface area contributed by atoms with E-state index in [0.717, 1.165) is 37.1 Å². The van der Waals surface area contributed by atoms with Crippen LogP contribution in [-0.2, 0) is 11.3 Å². The lowest BCUT2D eigenvalue weighted by molar-refractivity contribution is -0.0261. The monoisotopic (exact) mass is 377 g/mol. The highest BCUT2D eigenvalue weighted by molar-refractivity contribution is 5.85. The molecule has 1 fully saturated rings. The summed E-state index contributed by atoms with van der Waals surface area (Å²) in [7, 11) is 0. The first-order valence-corrected chi connectivity index (χ1v) is 7.77. The van der Waals surface area contributed by atoms with Gasteiger partial charge in [-0.1, -0.05) is 17.3 Å². The molecule has 136 valence electrons. The minimum absolute atomic E-state index is 0. The molecule has 1 saturated heterocycles. The minimum Gasteiger partial charge on any atom is -0.385 e. The van der Waals surface area contributed by atoms with Crippen molar-refractivity contribution in [2.24, 2.45) is 0 Å². The van der Waals surface area contributed by atoms with Crippen LogP contribution in [0.25, 0.3) is 11.0 Å². The number of nitrogens with one attached hydrogen (secondary N) is 2. The van der Waals surface area contributed by atoms with Gasteiger partial charge in [0, 0.05) is 26.2 Å². The highest BCUT2D eigenvalue weighted by atomic mass is 35.5. The average molecular weight is 378 g/mol. The number of rotatable bonds is 6. The molecule has 2 heterocycles. The number of aromatic nitrogens is 3. The normalized spacial score (nSPS) is 20.9. The van der Waals surface area contributed by atoms with Crippen LogP contribution in [0.1, 0.15) is 6.42 Å². The number of β-amino-alcohol motifs (C(OH)–C–C–N with tert-alkyl or cyclic N) is 1. The zero-order chi connectivity index (χ0) is 15.3. The van der Waals surface area contributed by atoms with Gasteiger partial charge in [-0.15, -0.1) is 29.9 Å². The highest BCUT2D eigenvalue weighted by Gasteiger charge is 2.28. The number of benzene rings is 1. The lowest BCUT2D eigenvalue weighted by Gasteiger charge is -2.26. The Kier molecular flexibility index (Phi) is 8.90. The molecule has 0 amide bonds. The predicted molar refractivity (Wildman–Crippen MR) is 98.1 cm³/mol. The van der Waals surface area contributed by atoms with Crippen molar-refractivity contribution in [1.82, 2.24) is 25.6 Å². The van der Waals surface area contributed by atoms with Crippen molar-refractivity contribution in [3.63, 3.8) is 0 Å². The molecule has 0 spiro atoms. The SMILES string of the molecule is Cl.Cl.OC1(CNCCCn2nnc3ccccc32)CNCCOC1. The second-order valence-electron chi connectivity index (χ2n) is 5.79. The third-order valence-electron chi connectivity index (χ3n) is 3.85. The van der Waals surface area contributed by atoms with E-state index >= 15 is 0 Å². The summed E-state index contributed by atoms with van der Waals surface area (Å²) in [4.78, 5) is 0. The molecule has 0 bridgehead atoms. The molecule has 0 aliphatic carbocycles. The molecule has 0 radical (unpaired) electrons. The number of aliphatic hydroxyl groups is 1. The van der Waals surface area contributed by atoms with Crippen LogP contribution in [0.3, 0.4) is 0 Å². The fraction of sp³-hybridized carbons (Fsp3) is 0.600. The van der Waals surface area contributed by atoms with Crippen LogP contribution in [0.2, 0.25) is 0 Å². The summed E-state index contributed by atoms with van der Waals surface area (Å²) in [6.45, 7) is 4.53. The van der Waals surface area contributed by atoms with Gasteiger partial charge >= 0.3 is 0 Å². The van der Waals surface area contributed by atoms with E-state index in [2.05, 4.69) is 20.9 Å². The lowest BCUT2D eigenvalue weighted by Crippen LogP contribution is -2.50. The van der Waals surface area contributed by atoms with E-state index in [-0.39, 0.29) is 24.8 Å². The first-order chi connectivity index (χ1) is 10.8. The maximum atomic E-state index is 10.4. The quantitative estimate of drug-likeness (QED) is 0.639. The molecule has 2 aromatic rings. The van der Waals surface area contributed by atoms with Crippen LogP contribution in [0.4, 0.5) is 0 Å². The van der Waals surface area contributed by atoms with Crippen LogP contribution < -0.4 is 10.6 Å². The summed E-state index contributed by atoms with van der Waals surface area (Å²) in [6, 6.07) is 7.95. The van der Waals surface area contributed by atoms with E-state index < -0.39 is 5.60 Å². The molecule has 9 heteroatoms. The molecule has 1 aromatic carbocycles. The Labute approximate surface area is 154 Å². The number of fused-ring (bicyclic) bond motifs is 1. The van der Waals surface area contributed by atoms with E-state index in [4.69, 9.17) is 4.74 Å². The molecule has 0 saturated carbocycles. The lowest BCUT2D eigenvalue weighted by atomic mass is 10.1. The van der Waals surface area contributed by atoms with E-state index in [9.17, 15) is 5.11 Å². The van der Waals surface area contributed by atoms with Gasteiger partial charge in [0.15, 0.2) is 0 Å². The second-order valence-corrected chi connectivity index (χ2v) is 5.79. The maximum absolute atomic E-state index is 10.4. The van der Waals surface area contributed by atoms with Crippen LogP contribution in [0.5, 0.6) is 0 Å². The van der Waals surface area contributed by atoms with Crippen molar-refractivity contribution >= 4 is 35.8 Å². The summed E-state index contributed by atoms with van der Waals surface area (Å²) >= 11 is 0. The highest BCUT2D eigenvalue weighted by Crippen LogP contribution is 2.10. The van der Waals surface area contributed by atoms with Crippen molar-refractivity contribution in [1.29, 1.82) is 0 Å². The summed E-state index contributed by atoms with van der Waals surface area (Å²) in [6.07, 6.45) is 0.928. The molecule has 7 nitrogen and oxygen atoms in total. The Morgan fingerprint density at radius 1 is 1.33 bits per heavy atom. The number of hydrogen-bond acceptors (Lipinski definition) is 6. The predicted octanol–water partition coefficient (Wildman–Crippen LogP) is 0.605. The first kappa shape index (κ1) is 21.1. The average Bonchev–Trinajstić information content (AvgIpc) is 2.81. The summed E-state index contributed by atoms with van der Waals surface area (Å²) in [5, 5.41) is 25.2. The molecule has 1 atom stereocenters. The van der Waals surface area contributed by atoms with Gasteiger partial charge in [-0.25, -0.2) is 4.68 Å². The van der Waals surface area contributed by atoms with Crippen LogP contribution in [0.15, 0.2) is 24.3 Å². The summed E-state index contributed by atoms with van der Waals surface area (Å²) in [5.41, 5.74) is 1.16. The standard InChI is InChI=1S/C15H23N5O2.2ClH/c21-15(11-17-7-9-22-12-15)10-16-6-3-8-20-14-5-2-1-4-13(14)18-19-20;;/h1-2,4-5,16-17,21H,3,6-12H2;2*1H. The Bertz CT molecular complexity index is 602. The van der Waals surface area contributed by atoms with Crippen molar-refractivity contribution < 1.29 is 9.84 Å². The van der Waals surface area contributed by atoms with Gasteiger partial charge in [-0.05, 0) is 25.1 Å². The Hall–Kier alpha value is -0.960. The molecule has 1 aliphatic rings. The van der Waals surface area contributed by atoms with Gasteiger partial charge in [0.05, 0.1) is 18.7 Å². The largest absolute Gasteiger partial charge is 0.385 e. The number of halogens is 2. The first-order valence-electron chi connectivity index (χ1n) is 7.77. The number of ether oxygens (including phenoxy) is 1. The molecule has 1 aromatic heterocycles. The molecular formula is C15H25Cl2N5O2. The molecule has 3 rings (SSSR count). The molecule has 24 heavy (non-hydrogen) atoms. The smallest absolute Gasteiger partial charge is 0.113 e. The van der Waals surface area contributed by atoms with Crippen molar-refractivity contribution in [3.05, 3.63) is 24.3 Å². The van der Waals surface area contributed by atoms with Gasteiger partial charge < -0.3 is 20.5 Å². The molecule has 3 N–H and O–H groups in total. The zero-order valence-corrected chi connectivity index (χ0v) is 15.1. The third kappa shape index (κ3) is 5.54. The van der Waals surface area contributed by atoms with Crippen LogP contribution in [0, 0.1) is 0 Å². The van der Waals surface area contributed by atoms with Gasteiger partial charge in [0.2, 0.25) is 0 Å². The van der Waals surface area contributed by atoms with E-state index in [1.165, 1.54) is 0 Å². The number of nitrogens with zero attached hydrogens (tertiary/aromatic N) is 3. The third-order valence-corrected chi connectivity index (χ3v) is 3.85. The molecule has 1 aliphatic heterocycles. The van der Waals surface area contributed by atoms with Crippen LogP contribution >= 0.6 is 24.8 Å². The van der Waals surface area contributed by atoms with Crippen LogP contribution in [-0.4, -0.2) is 65.1 Å². The van der Waals surface area contributed by atoms with Crippen molar-refractivity contribution in [2.45, 2.75) is 18.6 Å². The topological polar surface area (TPSA) is 84.2 Å².